The van der Waals surface area contributed by atoms with E-state index in [1.54, 1.807) is 0 Å². The predicted molar refractivity (Wildman–Crippen MR) is 144 cm³/mol. The summed E-state index contributed by atoms with van der Waals surface area (Å²) in [7, 11) is -8.59. The molecule has 240 valence electrons. The number of hydrogen-bond acceptors (Lipinski definition) is 10. The van der Waals surface area contributed by atoms with Gasteiger partial charge in [0.1, 0.15) is 11.5 Å². The Hall–Kier alpha value is -3.54. The van der Waals surface area contributed by atoms with Crippen LogP contribution in [0.5, 0.6) is 11.5 Å². The van der Waals surface area contributed by atoms with Crippen LogP contribution in [0.15, 0.2) is 58.8 Å². The molecule has 0 radical (unpaired) electrons. The Balaban J connectivity index is 1.94. The highest BCUT2D eigenvalue weighted by molar-refractivity contribution is 7.87. The van der Waals surface area contributed by atoms with Gasteiger partial charge in [0.2, 0.25) is 0 Å². The molecule has 43 heavy (non-hydrogen) atoms. The highest BCUT2D eigenvalue weighted by atomic mass is 32.2. The lowest BCUT2D eigenvalue weighted by molar-refractivity contribution is -0.0606. The molecule has 0 atom stereocenters. The van der Waals surface area contributed by atoms with Crippen molar-refractivity contribution in [3.63, 3.8) is 0 Å². The van der Waals surface area contributed by atoms with Gasteiger partial charge in [0.05, 0.1) is 24.2 Å². The van der Waals surface area contributed by atoms with Gasteiger partial charge in [-0.3, -0.25) is 8.57 Å². The zero-order chi connectivity index (χ0) is 32.5. The van der Waals surface area contributed by atoms with Crippen LogP contribution in [-0.2, 0) is 28.8 Å². The largest absolute Gasteiger partial charge is 0.493 e. The SMILES string of the molecule is CCCS(=O)(=O)ON=C(c1ccc(OCCCOc2ccc(C(=NOS(=O)(=O)C(C)C)C(F)(F)F)cc2)cc1)C(F)(F)F. The Morgan fingerprint density at radius 2 is 1.12 bits per heavy atom. The fraction of sp³-hybridized carbons (Fsp3) is 0.440. The summed E-state index contributed by atoms with van der Waals surface area (Å²) >= 11 is 0. The Bertz CT molecular complexity index is 1470. The van der Waals surface area contributed by atoms with Crippen molar-refractivity contribution in [3.8, 4) is 11.5 Å². The Labute approximate surface area is 244 Å². The molecule has 0 saturated carbocycles. The fourth-order valence-corrected chi connectivity index (χ4v) is 4.06. The standard InChI is InChI=1S/C25H28F6N2O8S2/c1-4-16-42(34,35)40-32-22(24(26,27)28)18-6-10-20(11-7-18)38-14-5-15-39-21-12-8-19(9-13-21)23(25(29,30)31)33-41-43(36,37)17(2)3/h6-13,17H,4-5,14-16H2,1-3H3. The summed E-state index contributed by atoms with van der Waals surface area (Å²) in [5.41, 5.74) is -4.01. The lowest BCUT2D eigenvalue weighted by Crippen LogP contribution is -2.26. The quantitative estimate of drug-likeness (QED) is 0.105. The smallest absolute Gasteiger partial charge is 0.437 e. The minimum absolute atomic E-state index is 0.0574. The second-order valence-electron chi connectivity index (χ2n) is 8.93. The van der Waals surface area contributed by atoms with E-state index in [1.807, 2.05) is 0 Å². The summed E-state index contributed by atoms with van der Waals surface area (Å²) in [5.74, 6) is -0.123. The molecule has 0 N–H and O–H groups in total. The van der Waals surface area contributed by atoms with Gasteiger partial charge in [0, 0.05) is 17.5 Å². The van der Waals surface area contributed by atoms with Crippen molar-refractivity contribution in [2.75, 3.05) is 19.0 Å². The predicted octanol–water partition coefficient (Wildman–Crippen LogP) is 5.58. The molecule has 10 nitrogen and oxygen atoms in total. The van der Waals surface area contributed by atoms with Gasteiger partial charge in [-0.1, -0.05) is 17.2 Å². The molecule has 18 heteroatoms. The van der Waals surface area contributed by atoms with Crippen molar-refractivity contribution in [1.82, 2.24) is 0 Å². The zero-order valence-corrected chi connectivity index (χ0v) is 24.6. The van der Waals surface area contributed by atoms with E-state index in [2.05, 4.69) is 18.9 Å². The normalized spacial score (nSPS) is 13.6. The summed E-state index contributed by atoms with van der Waals surface area (Å²) in [4.78, 5) is 0. The fourth-order valence-electron chi connectivity index (χ4n) is 2.95. The first-order chi connectivity index (χ1) is 19.9. The van der Waals surface area contributed by atoms with Crippen LogP contribution < -0.4 is 9.47 Å². The summed E-state index contributed by atoms with van der Waals surface area (Å²) < 4.78 is 146. The molecule has 0 fully saturated rings. The second kappa shape index (κ2) is 14.8. The number of alkyl halides is 6. The van der Waals surface area contributed by atoms with Gasteiger partial charge in [0.15, 0.2) is 11.4 Å². The molecule has 2 aromatic rings. The number of halogens is 6. The Morgan fingerprint density at radius 1 is 0.721 bits per heavy atom. The molecule has 0 heterocycles. The first-order valence-electron chi connectivity index (χ1n) is 12.5. The molecular weight excluding hydrogens is 634 g/mol. The lowest BCUT2D eigenvalue weighted by Gasteiger charge is -2.13. The molecule has 0 spiro atoms. The lowest BCUT2D eigenvalue weighted by atomic mass is 10.1. The van der Waals surface area contributed by atoms with Gasteiger partial charge in [-0.25, -0.2) is 0 Å². The van der Waals surface area contributed by atoms with Crippen LogP contribution in [-0.4, -0.2) is 64.8 Å². The molecular formula is C25H28F6N2O8S2. The summed E-state index contributed by atoms with van der Waals surface area (Å²) in [5, 5.41) is 4.51. The Kier molecular flexibility index (Phi) is 12.2. The molecule has 0 aliphatic heterocycles. The number of oxime groups is 2. The Morgan fingerprint density at radius 3 is 1.47 bits per heavy atom. The summed E-state index contributed by atoms with van der Waals surface area (Å²) in [6.07, 6.45) is -9.60. The van der Waals surface area contributed by atoms with Crippen molar-refractivity contribution in [3.05, 3.63) is 59.7 Å². The highest BCUT2D eigenvalue weighted by Gasteiger charge is 2.39. The average molecular weight is 663 g/mol. The van der Waals surface area contributed by atoms with Gasteiger partial charge >= 0.3 is 32.6 Å². The first-order valence-corrected chi connectivity index (χ1v) is 15.5. The van der Waals surface area contributed by atoms with Crippen molar-refractivity contribution in [2.24, 2.45) is 10.3 Å². The molecule has 0 aliphatic rings. The van der Waals surface area contributed by atoms with Crippen LogP contribution >= 0.6 is 0 Å². The number of hydrogen-bond donors (Lipinski definition) is 0. The average Bonchev–Trinajstić information content (AvgIpc) is 2.88. The van der Waals surface area contributed by atoms with Crippen LogP contribution in [0, 0.1) is 0 Å². The van der Waals surface area contributed by atoms with Crippen molar-refractivity contribution < 1.29 is 61.2 Å². The minimum atomic E-state index is -5.01. The molecule has 0 bridgehead atoms. The minimum Gasteiger partial charge on any atom is -0.493 e. The number of benzene rings is 2. The summed E-state index contributed by atoms with van der Waals surface area (Å²) in [6.45, 7) is 4.06. The van der Waals surface area contributed by atoms with E-state index in [4.69, 9.17) is 9.47 Å². The van der Waals surface area contributed by atoms with Crippen LogP contribution in [0.3, 0.4) is 0 Å². The molecule has 0 aromatic heterocycles. The van der Waals surface area contributed by atoms with Crippen LogP contribution in [0.25, 0.3) is 0 Å². The molecule has 0 saturated heterocycles. The highest BCUT2D eigenvalue weighted by Crippen LogP contribution is 2.26. The van der Waals surface area contributed by atoms with Gasteiger partial charge < -0.3 is 9.47 Å². The molecule has 0 amide bonds. The maximum Gasteiger partial charge on any atom is 0.437 e. The molecule has 2 aromatic carbocycles. The van der Waals surface area contributed by atoms with E-state index >= 15 is 0 Å². The van der Waals surface area contributed by atoms with E-state index in [-0.39, 0.29) is 37.6 Å². The van der Waals surface area contributed by atoms with E-state index < -0.39 is 66.1 Å². The van der Waals surface area contributed by atoms with Crippen LogP contribution in [0.2, 0.25) is 0 Å². The maximum atomic E-state index is 13.4. The van der Waals surface area contributed by atoms with E-state index in [1.165, 1.54) is 45.0 Å². The van der Waals surface area contributed by atoms with Gasteiger partial charge in [-0.05, 0) is 68.8 Å². The maximum absolute atomic E-state index is 13.4. The van der Waals surface area contributed by atoms with Crippen molar-refractivity contribution >= 4 is 31.7 Å². The van der Waals surface area contributed by atoms with Gasteiger partial charge in [-0.2, -0.15) is 43.2 Å². The van der Waals surface area contributed by atoms with Crippen molar-refractivity contribution in [2.45, 2.75) is 51.2 Å². The van der Waals surface area contributed by atoms with Gasteiger partial charge in [-0.15, -0.1) is 0 Å². The summed E-state index contributed by atoms with van der Waals surface area (Å²) in [6, 6.07) is 8.95. The monoisotopic (exact) mass is 662 g/mol. The second-order valence-corrected chi connectivity index (χ2v) is 12.7. The van der Waals surface area contributed by atoms with Crippen molar-refractivity contribution in [1.29, 1.82) is 0 Å². The molecule has 0 unspecified atom stereocenters. The molecule has 0 aliphatic carbocycles. The number of ether oxygens (including phenoxy) is 2. The van der Waals surface area contributed by atoms with E-state index in [9.17, 15) is 43.2 Å². The van der Waals surface area contributed by atoms with E-state index in [0.29, 0.717) is 0 Å². The first kappa shape index (κ1) is 35.7. The van der Waals surface area contributed by atoms with Gasteiger partial charge in [0.25, 0.3) is 0 Å². The third-order valence-corrected chi connectivity index (χ3v) is 7.77. The third-order valence-electron chi connectivity index (χ3n) is 5.12. The topological polar surface area (TPSA) is 130 Å². The van der Waals surface area contributed by atoms with Crippen LogP contribution in [0.4, 0.5) is 26.3 Å². The number of nitrogens with zero attached hydrogens (tertiary/aromatic N) is 2. The number of rotatable bonds is 15. The van der Waals surface area contributed by atoms with Crippen LogP contribution in [0.1, 0.15) is 44.7 Å². The molecule has 2 rings (SSSR count). The zero-order valence-electron chi connectivity index (χ0n) is 23.0. The third kappa shape index (κ3) is 11.6. The van der Waals surface area contributed by atoms with E-state index in [0.717, 1.165) is 24.3 Å².